The van der Waals surface area contributed by atoms with E-state index in [1.54, 1.807) is 6.07 Å². The maximum atomic E-state index is 11.3. The molecule has 1 atom stereocenters. The van der Waals surface area contributed by atoms with E-state index < -0.39 is 11.9 Å². The van der Waals surface area contributed by atoms with Gasteiger partial charge >= 0.3 is 0 Å². The average Bonchev–Trinajstić information content (AvgIpc) is 2.34. The van der Waals surface area contributed by atoms with E-state index in [4.69, 9.17) is 11.6 Å². The highest BCUT2D eigenvalue weighted by atomic mass is 32.2. The number of amides is 1. The first kappa shape index (κ1) is 14.5. The van der Waals surface area contributed by atoms with Gasteiger partial charge in [0.1, 0.15) is 17.7 Å². The molecule has 0 saturated heterocycles. The van der Waals surface area contributed by atoms with E-state index in [9.17, 15) is 4.79 Å². The number of aromatic nitrogens is 2. The number of hydrogen-bond acceptors (Lipinski definition) is 7. The molecule has 1 aromatic rings. The summed E-state index contributed by atoms with van der Waals surface area (Å²) in [6.07, 6.45) is 1.85. The third-order valence-corrected chi connectivity index (χ3v) is 2.86. The van der Waals surface area contributed by atoms with Gasteiger partial charge in [0.25, 0.3) is 0 Å². The first-order valence-electron chi connectivity index (χ1n) is 5.43. The van der Waals surface area contributed by atoms with Crippen molar-refractivity contribution in [1.82, 2.24) is 9.97 Å². The number of nitrogens with two attached hydrogens (primary N) is 2. The second-order valence-electron chi connectivity index (χ2n) is 4.04. The predicted molar refractivity (Wildman–Crippen MR) is 73.1 cm³/mol. The smallest absolute Gasteiger partial charge is 0.240 e. The molecule has 7 nitrogen and oxygen atoms in total. The summed E-state index contributed by atoms with van der Waals surface area (Å²) in [4.78, 5) is 19.7. The Bertz CT molecular complexity index is 403. The lowest BCUT2D eigenvalue weighted by Gasteiger charge is -2.19. The molecule has 0 fully saturated rings. The number of nitrogen functional groups attached to an aromatic ring is 1. The third-order valence-electron chi connectivity index (χ3n) is 2.31. The highest BCUT2D eigenvalue weighted by molar-refractivity contribution is 7.98. The second kappa shape index (κ2) is 6.41. The van der Waals surface area contributed by atoms with Gasteiger partial charge in [0.15, 0.2) is 5.16 Å². The van der Waals surface area contributed by atoms with Crippen molar-refractivity contribution < 1.29 is 4.79 Å². The van der Waals surface area contributed by atoms with Crippen molar-refractivity contribution >= 4 is 29.3 Å². The van der Waals surface area contributed by atoms with Gasteiger partial charge in [-0.2, -0.15) is 0 Å². The summed E-state index contributed by atoms with van der Waals surface area (Å²) in [5.41, 5.74) is 7.79. The minimum absolute atomic E-state index is 0.0597. The maximum absolute atomic E-state index is 11.3. The molecule has 0 radical (unpaired) electrons. The molecule has 0 spiro atoms. The average molecular weight is 270 g/mol. The van der Waals surface area contributed by atoms with Crippen molar-refractivity contribution in [3.63, 3.8) is 0 Å². The lowest BCUT2D eigenvalue weighted by atomic mass is 10.0. The van der Waals surface area contributed by atoms with Crippen LogP contribution in [-0.2, 0) is 4.79 Å². The standard InChI is InChI=1S/C10H18N6OS/c1-5(2)8(9(11)17)13-6-4-7(16-12)15-10(14-6)18-3/h4-5,8H,12H2,1-3H3,(H2,11,17)(H2,13,14,15,16). The Morgan fingerprint density at radius 2 is 2.00 bits per heavy atom. The molecule has 18 heavy (non-hydrogen) atoms. The molecule has 8 heteroatoms. The van der Waals surface area contributed by atoms with Crippen molar-refractivity contribution in [3.05, 3.63) is 6.07 Å². The summed E-state index contributed by atoms with van der Waals surface area (Å²) in [5.74, 6) is 5.95. The van der Waals surface area contributed by atoms with Crippen molar-refractivity contribution in [2.24, 2.45) is 17.5 Å². The van der Waals surface area contributed by atoms with Gasteiger partial charge in [-0.15, -0.1) is 0 Å². The third kappa shape index (κ3) is 3.74. The fraction of sp³-hybridized carbons (Fsp3) is 0.500. The minimum atomic E-state index is -0.486. The molecule has 0 saturated carbocycles. The van der Waals surface area contributed by atoms with Crippen molar-refractivity contribution in [1.29, 1.82) is 0 Å². The van der Waals surface area contributed by atoms with Crippen molar-refractivity contribution in [2.75, 3.05) is 17.0 Å². The number of hydrazine groups is 1. The van der Waals surface area contributed by atoms with Crippen molar-refractivity contribution in [3.8, 4) is 0 Å². The summed E-state index contributed by atoms with van der Waals surface area (Å²) < 4.78 is 0. The van der Waals surface area contributed by atoms with E-state index in [0.717, 1.165) is 0 Å². The molecule has 0 aliphatic carbocycles. The SMILES string of the molecule is CSc1nc(NN)cc(NC(C(N)=O)C(C)C)n1. The van der Waals surface area contributed by atoms with E-state index in [1.165, 1.54) is 11.8 Å². The normalized spacial score (nSPS) is 12.3. The summed E-state index contributed by atoms with van der Waals surface area (Å²) in [7, 11) is 0. The molecule has 1 aromatic heterocycles. The number of carbonyl (C=O) groups excluding carboxylic acids is 1. The molecule has 6 N–H and O–H groups in total. The first-order valence-corrected chi connectivity index (χ1v) is 6.66. The van der Waals surface area contributed by atoms with Crippen LogP contribution in [0, 0.1) is 5.92 Å². The van der Waals surface area contributed by atoms with Gasteiger partial charge < -0.3 is 16.5 Å². The number of thioether (sulfide) groups is 1. The van der Waals surface area contributed by atoms with Crippen LogP contribution in [0.25, 0.3) is 0 Å². The van der Waals surface area contributed by atoms with Crippen LogP contribution in [-0.4, -0.2) is 28.2 Å². The molecule has 100 valence electrons. The van der Waals surface area contributed by atoms with Gasteiger partial charge in [0.05, 0.1) is 0 Å². The lowest BCUT2D eigenvalue weighted by molar-refractivity contribution is -0.119. The number of anilines is 2. The Labute approximate surface area is 110 Å². The van der Waals surface area contributed by atoms with Gasteiger partial charge in [-0.3, -0.25) is 4.79 Å². The number of hydrogen-bond donors (Lipinski definition) is 4. The molecule has 1 amide bonds. The van der Waals surface area contributed by atoms with Gasteiger partial charge in [-0.05, 0) is 12.2 Å². The van der Waals surface area contributed by atoms with Crippen LogP contribution in [0.2, 0.25) is 0 Å². The predicted octanol–water partition coefficient (Wildman–Crippen LogP) is 0.406. The number of primary amides is 1. The summed E-state index contributed by atoms with van der Waals surface area (Å²) >= 11 is 1.38. The zero-order valence-electron chi connectivity index (χ0n) is 10.6. The molecule has 0 bridgehead atoms. The van der Waals surface area contributed by atoms with Crippen LogP contribution in [0.3, 0.4) is 0 Å². The quantitative estimate of drug-likeness (QED) is 0.256. The fourth-order valence-electron chi connectivity index (χ4n) is 1.39. The van der Waals surface area contributed by atoms with Gasteiger partial charge in [0.2, 0.25) is 5.91 Å². The lowest BCUT2D eigenvalue weighted by Crippen LogP contribution is -2.39. The number of carbonyl (C=O) groups is 1. The minimum Gasteiger partial charge on any atom is -0.368 e. The molecule has 1 unspecified atom stereocenters. The van der Waals surface area contributed by atoms with Gasteiger partial charge in [-0.1, -0.05) is 25.6 Å². The Morgan fingerprint density at radius 3 is 2.44 bits per heavy atom. The molecule has 0 aliphatic heterocycles. The largest absolute Gasteiger partial charge is 0.368 e. The summed E-state index contributed by atoms with van der Waals surface area (Å²) in [6, 6.07) is 1.14. The second-order valence-corrected chi connectivity index (χ2v) is 4.81. The summed E-state index contributed by atoms with van der Waals surface area (Å²) in [5, 5.41) is 3.55. The van der Waals surface area contributed by atoms with E-state index >= 15 is 0 Å². The zero-order chi connectivity index (χ0) is 13.7. The summed E-state index contributed by atoms with van der Waals surface area (Å²) in [6.45, 7) is 3.81. The van der Waals surface area contributed by atoms with E-state index in [-0.39, 0.29) is 5.92 Å². The topological polar surface area (TPSA) is 119 Å². The Balaban J connectivity index is 2.98. The molecular formula is C10H18N6OS. The van der Waals surface area contributed by atoms with Crippen LogP contribution >= 0.6 is 11.8 Å². The van der Waals surface area contributed by atoms with E-state index in [1.807, 2.05) is 20.1 Å². The van der Waals surface area contributed by atoms with Crippen LogP contribution in [0.5, 0.6) is 0 Å². The highest BCUT2D eigenvalue weighted by Gasteiger charge is 2.20. The molecular weight excluding hydrogens is 252 g/mol. The maximum Gasteiger partial charge on any atom is 0.240 e. The highest BCUT2D eigenvalue weighted by Crippen LogP contribution is 2.18. The Hall–Kier alpha value is -1.54. The van der Waals surface area contributed by atoms with Crippen LogP contribution in [0.1, 0.15) is 13.8 Å². The van der Waals surface area contributed by atoms with Gasteiger partial charge in [0, 0.05) is 6.07 Å². The number of nitrogens with one attached hydrogen (secondary N) is 2. The van der Waals surface area contributed by atoms with E-state index in [0.29, 0.717) is 16.8 Å². The fourth-order valence-corrected chi connectivity index (χ4v) is 1.77. The van der Waals surface area contributed by atoms with Crippen LogP contribution < -0.4 is 22.3 Å². The Kier molecular flexibility index (Phi) is 5.17. The van der Waals surface area contributed by atoms with Crippen molar-refractivity contribution in [2.45, 2.75) is 25.0 Å². The molecule has 1 rings (SSSR count). The monoisotopic (exact) mass is 270 g/mol. The molecule has 1 heterocycles. The number of rotatable bonds is 6. The molecule has 0 aromatic carbocycles. The van der Waals surface area contributed by atoms with Crippen LogP contribution in [0.15, 0.2) is 11.2 Å². The van der Waals surface area contributed by atoms with Crippen LogP contribution in [0.4, 0.5) is 11.6 Å². The zero-order valence-corrected chi connectivity index (χ0v) is 11.4. The van der Waals surface area contributed by atoms with Gasteiger partial charge in [-0.25, -0.2) is 15.8 Å². The first-order chi connectivity index (χ1) is 8.47. The number of nitrogens with zero attached hydrogens (tertiary/aromatic N) is 2. The Morgan fingerprint density at radius 1 is 1.39 bits per heavy atom. The molecule has 0 aliphatic rings. The van der Waals surface area contributed by atoms with E-state index in [2.05, 4.69) is 20.7 Å².